The van der Waals surface area contributed by atoms with Gasteiger partial charge in [0.1, 0.15) is 0 Å². The summed E-state index contributed by atoms with van der Waals surface area (Å²) in [4.78, 5) is 4.13. The Bertz CT molecular complexity index is 404. The SMILES string of the molecule is CCC1(C)CC(Nc2c(C)ccnc2Cl)CCO1. The van der Waals surface area contributed by atoms with Crippen molar-refractivity contribution in [3.63, 3.8) is 0 Å². The number of halogens is 1. The van der Waals surface area contributed by atoms with E-state index in [1.807, 2.05) is 13.0 Å². The lowest BCUT2D eigenvalue weighted by Crippen LogP contribution is -2.42. The Balaban J connectivity index is 2.10. The number of aromatic nitrogens is 1. The molecule has 0 bridgehead atoms. The largest absolute Gasteiger partial charge is 0.379 e. The highest BCUT2D eigenvalue weighted by Gasteiger charge is 2.31. The molecular weight excluding hydrogens is 248 g/mol. The Hall–Kier alpha value is -0.800. The van der Waals surface area contributed by atoms with Gasteiger partial charge in [-0.2, -0.15) is 0 Å². The fourth-order valence-electron chi connectivity index (χ4n) is 2.40. The maximum Gasteiger partial charge on any atom is 0.152 e. The summed E-state index contributed by atoms with van der Waals surface area (Å²) in [6.45, 7) is 7.20. The Kier molecular flexibility index (Phi) is 4.13. The lowest BCUT2D eigenvalue weighted by atomic mass is 9.89. The fourth-order valence-corrected chi connectivity index (χ4v) is 2.66. The van der Waals surface area contributed by atoms with E-state index in [4.69, 9.17) is 16.3 Å². The smallest absolute Gasteiger partial charge is 0.152 e. The van der Waals surface area contributed by atoms with E-state index >= 15 is 0 Å². The van der Waals surface area contributed by atoms with Crippen molar-refractivity contribution in [2.45, 2.75) is 51.7 Å². The van der Waals surface area contributed by atoms with Gasteiger partial charge in [0.05, 0.1) is 11.3 Å². The lowest BCUT2D eigenvalue weighted by Gasteiger charge is -2.38. The van der Waals surface area contributed by atoms with Crippen LogP contribution < -0.4 is 5.32 Å². The van der Waals surface area contributed by atoms with Crippen LogP contribution in [0.4, 0.5) is 5.69 Å². The third-order valence-corrected chi connectivity index (χ3v) is 4.09. The molecule has 0 aliphatic carbocycles. The van der Waals surface area contributed by atoms with Crippen molar-refractivity contribution in [3.05, 3.63) is 23.0 Å². The van der Waals surface area contributed by atoms with E-state index in [2.05, 4.69) is 24.1 Å². The van der Waals surface area contributed by atoms with Gasteiger partial charge in [0.2, 0.25) is 0 Å². The maximum absolute atomic E-state index is 6.15. The van der Waals surface area contributed by atoms with E-state index < -0.39 is 0 Å². The van der Waals surface area contributed by atoms with Crippen molar-refractivity contribution in [2.75, 3.05) is 11.9 Å². The standard InChI is InChI=1S/C14H21ClN2O/c1-4-14(3)9-11(6-8-18-14)17-12-10(2)5-7-16-13(12)15/h5,7,11,17H,4,6,8-9H2,1-3H3. The number of hydrogen-bond acceptors (Lipinski definition) is 3. The van der Waals surface area contributed by atoms with Crippen LogP contribution in [0.3, 0.4) is 0 Å². The Morgan fingerprint density at radius 1 is 1.61 bits per heavy atom. The molecule has 0 amide bonds. The van der Waals surface area contributed by atoms with Crippen molar-refractivity contribution < 1.29 is 4.74 Å². The molecular formula is C14H21ClN2O. The summed E-state index contributed by atoms with van der Waals surface area (Å²) in [5, 5.41) is 4.09. The minimum atomic E-state index is -0.0154. The highest BCUT2D eigenvalue weighted by Crippen LogP contribution is 2.31. The van der Waals surface area contributed by atoms with Gasteiger partial charge >= 0.3 is 0 Å². The Morgan fingerprint density at radius 2 is 2.39 bits per heavy atom. The van der Waals surface area contributed by atoms with Crippen LogP contribution in [-0.2, 0) is 4.74 Å². The monoisotopic (exact) mass is 268 g/mol. The van der Waals surface area contributed by atoms with Gasteiger partial charge in [-0.15, -0.1) is 0 Å². The normalized spacial score (nSPS) is 28.1. The number of rotatable bonds is 3. The summed E-state index contributed by atoms with van der Waals surface area (Å²) in [5.41, 5.74) is 2.09. The zero-order chi connectivity index (χ0) is 13.2. The van der Waals surface area contributed by atoms with Gasteiger partial charge < -0.3 is 10.1 Å². The van der Waals surface area contributed by atoms with Crippen LogP contribution in [0, 0.1) is 6.92 Å². The first-order valence-electron chi connectivity index (χ1n) is 6.55. The molecule has 1 aliphatic rings. The molecule has 0 spiro atoms. The van der Waals surface area contributed by atoms with Crippen LogP contribution in [0.2, 0.25) is 5.15 Å². The van der Waals surface area contributed by atoms with E-state index in [0.717, 1.165) is 37.1 Å². The third kappa shape index (κ3) is 2.96. The first-order valence-corrected chi connectivity index (χ1v) is 6.93. The average molecular weight is 269 g/mol. The maximum atomic E-state index is 6.15. The zero-order valence-electron chi connectivity index (χ0n) is 11.3. The highest BCUT2D eigenvalue weighted by atomic mass is 35.5. The molecule has 0 radical (unpaired) electrons. The second-order valence-corrected chi connectivity index (χ2v) is 5.64. The van der Waals surface area contributed by atoms with E-state index in [1.165, 1.54) is 0 Å². The second-order valence-electron chi connectivity index (χ2n) is 5.28. The van der Waals surface area contributed by atoms with Gasteiger partial charge in [-0.25, -0.2) is 4.98 Å². The molecule has 3 nitrogen and oxygen atoms in total. The predicted molar refractivity (Wildman–Crippen MR) is 75.3 cm³/mol. The topological polar surface area (TPSA) is 34.2 Å². The van der Waals surface area contributed by atoms with Crippen molar-refractivity contribution in [3.8, 4) is 0 Å². The number of pyridine rings is 1. The van der Waals surface area contributed by atoms with Crippen LogP contribution in [0.25, 0.3) is 0 Å². The third-order valence-electron chi connectivity index (χ3n) is 3.80. The predicted octanol–water partition coefficient (Wildman–Crippen LogP) is 3.80. The van der Waals surface area contributed by atoms with E-state index in [0.29, 0.717) is 11.2 Å². The summed E-state index contributed by atoms with van der Waals surface area (Å²) in [5.74, 6) is 0. The van der Waals surface area contributed by atoms with Crippen LogP contribution in [0.1, 0.15) is 38.7 Å². The molecule has 2 rings (SSSR count). The number of nitrogens with zero attached hydrogens (tertiary/aromatic N) is 1. The van der Waals surface area contributed by atoms with Crippen molar-refractivity contribution >= 4 is 17.3 Å². The minimum absolute atomic E-state index is 0.0154. The van der Waals surface area contributed by atoms with Gasteiger partial charge in [0.25, 0.3) is 0 Å². The molecule has 1 aliphatic heterocycles. The molecule has 1 N–H and O–H groups in total. The molecule has 18 heavy (non-hydrogen) atoms. The zero-order valence-corrected chi connectivity index (χ0v) is 12.0. The minimum Gasteiger partial charge on any atom is -0.379 e. The van der Waals surface area contributed by atoms with E-state index in [9.17, 15) is 0 Å². The molecule has 1 aromatic rings. The van der Waals surface area contributed by atoms with Crippen molar-refractivity contribution in [1.82, 2.24) is 4.98 Å². The lowest BCUT2D eigenvalue weighted by molar-refractivity contribution is -0.0708. The van der Waals surface area contributed by atoms with Gasteiger partial charge in [-0.3, -0.25) is 0 Å². The molecule has 100 valence electrons. The van der Waals surface area contributed by atoms with Crippen LogP contribution >= 0.6 is 11.6 Å². The number of hydrogen-bond donors (Lipinski definition) is 1. The van der Waals surface area contributed by atoms with E-state index in [1.54, 1.807) is 6.20 Å². The van der Waals surface area contributed by atoms with Gasteiger partial charge in [0, 0.05) is 18.8 Å². The highest BCUT2D eigenvalue weighted by molar-refractivity contribution is 6.32. The molecule has 1 fully saturated rings. The molecule has 0 saturated carbocycles. The van der Waals surface area contributed by atoms with Gasteiger partial charge in [-0.1, -0.05) is 18.5 Å². The quantitative estimate of drug-likeness (QED) is 0.847. The Labute approximate surface area is 114 Å². The van der Waals surface area contributed by atoms with E-state index in [-0.39, 0.29) is 5.60 Å². The molecule has 1 aromatic heterocycles. The first kappa shape index (κ1) is 13.6. The summed E-state index contributed by atoms with van der Waals surface area (Å²) in [7, 11) is 0. The number of aryl methyl sites for hydroxylation is 1. The molecule has 1 saturated heterocycles. The van der Waals surface area contributed by atoms with Crippen LogP contribution in [0.5, 0.6) is 0 Å². The summed E-state index contributed by atoms with van der Waals surface area (Å²) in [6.07, 6.45) is 4.79. The molecule has 2 unspecified atom stereocenters. The molecule has 0 aromatic carbocycles. The van der Waals surface area contributed by atoms with Crippen LogP contribution in [0.15, 0.2) is 12.3 Å². The summed E-state index contributed by atoms with van der Waals surface area (Å²) >= 11 is 6.15. The average Bonchev–Trinajstić information content (AvgIpc) is 2.34. The number of nitrogens with one attached hydrogen (secondary N) is 1. The van der Waals surface area contributed by atoms with Crippen molar-refractivity contribution in [2.24, 2.45) is 0 Å². The van der Waals surface area contributed by atoms with Gasteiger partial charge in [0.15, 0.2) is 5.15 Å². The first-order chi connectivity index (χ1) is 8.54. The second kappa shape index (κ2) is 5.45. The molecule has 2 heterocycles. The fraction of sp³-hybridized carbons (Fsp3) is 0.643. The number of anilines is 1. The molecule has 4 heteroatoms. The Morgan fingerprint density at radius 3 is 3.06 bits per heavy atom. The summed E-state index contributed by atoms with van der Waals surface area (Å²) < 4.78 is 5.85. The summed E-state index contributed by atoms with van der Waals surface area (Å²) in [6, 6.07) is 2.39. The number of ether oxygens (including phenoxy) is 1. The van der Waals surface area contributed by atoms with Gasteiger partial charge in [-0.05, 0) is 44.7 Å². The molecule has 2 atom stereocenters. The van der Waals surface area contributed by atoms with Crippen molar-refractivity contribution in [1.29, 1.82) is 0 Å². The van der Waals surface area contributed by atoms with Crippen LogP contribution in [-0.4, -0.2) is 23.2 Å².